The van der Waals surface area contributed by atoms with E-state index < -0.39 is 0 Å². The molecule has 1 N–H and O–H groups in total. The zero-order valence-electron chi connectivity index (χ0n) is 12.3. The molecule has 0 atom stereocenters. The molecule has 0 fully saturated rings. The first-order chi connectivity index (χ1) is 10.6. The second-order valence-electron chi connectivity index (χ2n) is 5.17. The molecule has 1 aromatic heterocycles. The number of benzene rings is 2. The number of fused-ring (bicyclic) bond motifs is 1. The van der Waals surface area contributed by atoms with Gasteiger partial charge in [0.1, 0.15) is 18.2 Å². The van der Waals surface area contributed by atoms with Gasteiger partial charge >= 0.3 is 0 Å². The van der Waals surface area contributed by atoms with E-state index in [1.165, 1.54) is 0 Å². The van der Waals surface area contributed by atoms with Crippen LogP contribution in [0.3, 0.4) is 0 Å². The number of nitrogens with one attached hydrogen (secondary N) is 1. The van der Waals surface area contributed by atoms with Crippen LogP contribution < -0.4 is 10.3 Å². The monoisotopic (exact) mass is 292 g/mol. The normalized spacial score (nSPS) is 10.6. The second kappa shape index (κ2) is 5.85. The van der Waals surface area contributed by atoms with Gasteiger partial charge < -0.3 is 9.72 Å². The van der Waals surface area contributed by atoms with Crippen molar-refractivity contribution in [2.75, 3.05) is 6.61 Å². The largest absolute Gasteiger partial charge is 0.489 e. The number of nitrogens with zero attached hydrogens (tertiary/aromatic N) is 1. The smallest absolute Gasteiger partial charge is 0.259 e. The summed E-state index contributed by atoms with van der Waals surface area (Å²) in [6, 6.07) is 14.8. The van der Waals surface area contributed by atoms with Crippen LogP contribution in [-0.2, 0) is 0 Å². The fraction of sp³-hybridized carbons (Fsp3) is 0.111. The summed E-state index contributed by atoms with van der Waals surface area (Å²) in [5.41, 5.74) is 2.19. The van der Waals surface area contributed by atoms with E-state index >= 15 is 0 Å². The van der Waals surface area contributed by atoms with Crippen LogP contribution in [0.5, 0.6) is 5.75 Å². The Morgan fingerprint density at radius 2 is 1.91 bits per heavy atom. The van der Waals surface area contributed by atoms with Crippen LogP contribution >= 0.6 is 0 Å². The summed E-state index contributed by atoms with van der Waals surface area (Å²) in [5.74, 6) is 1.17. The van der Waals surface area contributed by atoms with E-state index in [1.807, 2.05) is 49.4 Å². The van der Waals surface area contributed by atoms with Crippen LogP contribution in [0.2, 0.25) is 0 Å². The van der Waals surface area contributed by atoms with Crippen molar-refractivity contribution < 1.29 is 4.74 Å². The molecule has 4 nitrogen and oxygen atoms in total. The number of hydrogen-bond donors (Lipinski definition) is 1. The molecule has 2 aromatic carbocycles. The maximum absolute atomic E-state index is 12.2. The molecule has 0 aliphatic carbocycles. The van der Waals surface area contributed by atoms with Gasteiger partial charge in [-0.1, -0.05) is 30.8 Å². The fourth-order valence-corrected chi connectivity index (χ4v) is 2.20. The Morgan fingerprint density at radius 3 is 2.73 bits per heavy atom. The van der Waals surface area contributed by atoms with Gasteiger partial charge in [0.2, 0.25) is 0 Å². The molecule has 3 rings (SSSR count). The van der Waals surface area contributed by atoms with Gasteiger partial charge in [0.25, 0.3) is 5.56 Å². The van der Waals surface area contributed by atoms with Crippen molar-refractivity contribution in [1.29, 1.82) is 0 Å². The maximum Gasteiger partial charge on any atom is 0.259 e. The minimum absolute atomic E-state index is 0.157. The average Bonchev–Trinajstić information content (AvgIpc) is 2.53. The van der Waals surface area contributed by atoms with E-state index in [9.17, 15) is 4.79 Å². The van der Waals surface area contributed by atoms with E-state index in [4.69, 9.17) is 4.74 Å². The van der Waals surface area contributed by atoms with Crippen molar-refractivity contribution in [3.63, 3.8) is 0 Å². The van der Waals surface area contributed by atoms with Crippen LogP contribution in [0.15, 0.2) is 65.5 Å². The van der Waals surface area contributed by atoms with E-state index in [-0.39, 0.29) is 5.56 Å². The maximum atomic E-state index is 12.2. The Labute approximate surface area is 128 Å². The first-order valence-corrected chi connectivity index (χ1v) is 7.01. The van der Waals surface area contributed by atoms with E-state index in [2.05, 4.69) is 16.5 Å². The van der Waals surface area contributed by atoms with Crippen molar-refractivity contribution in [3.05, 3.63) is 71.0 Å². The molecule has 0 amide bonds. The SMILES string of the molecule is C=C(C)COc1ccccc1-c1nc2ccccc2c(=O)[nH]1. The summed E-state index contributed by atoms with van der Waals surface area (Å²) in [7, 11) is 0. The van der Waals surface area contributed by atoms with Crippen molar-refractivity contribution in [3.8, 4) is 17.1 Å². The van der Waals surface area contributed by atoms with E-state index in [0.29, 0.717) is 29.1 Å². The number of aromatic amines is 1. The molecular weight excluding hydrogens is 276 g/mol. The number of ether oxygens (including phenoxy) is 1. The summed E-state index contributed by atoms with van der Waals surface area (Å²) < 4.78 is 5.74. The molecule has 0 bridgehead atoms. The molecule has 0 saturated carbocycles. The van der Waals surface area contributed by atoms with Crippen LogP contribution in [0, 0.1) is 0 Å². The summed E-state index contributed by atoms with van der Waals surface area (Å²) in [6.07, 6.45) is 0. The molecule has 0 unspecified atom stereocenters. The Hall–Kier alpha value is -2.88. The van der Waals surface area contributed by atoms with Gasteiger partial charge in [0.15, 0.2) is 0 Å². The predicted molar refractivity (Wildman–Crippen MR) is 88.1 cm³/mol. The van der Waals surface area contributed by atoms with Gasteiger partial charge in [-0.15, -0.1) is 0 Å². The van der Waals surface area contributed by atoms with Crippen molar-refractivity contribution in [1.82, 2.24) is 9.97 Å². The molecular formula is C18H16N2O2. The van der Waals surface area contributed by atoms with Crippen LogP contribution in [-0.4, -0.2) is 16.6 Å². The Kier molecular flexibility index (Phi) is 3.74. The highest BCUT2D eigenvalue weighted by Gasteiger charge is 2.10. The van der Waals surface area contributed by atoms with Crippen LogP contribution in [0.1, 0.15) is 6.92 Å². The topological polar surface area (TPSA) is 55.0 Å². The van der Waals surface area contributed by atoms with Gasteiger partial charge in [-0.25, -0.2) is 4.98 Å². The van der Waals surface area contributed by atoms with Gasteiger partial charge in [-0.3, -0.25) is 4.79 Å². The van der Waals surface area contributed by atoms with Gasteiger partial charge in [0, 0.05) is 0 Å². The molecule has 0 aliphatic rings. The average molecular weight is 292 g/mol. The molecule has 0 aliphatic heterocycles. The molecule has 0 saturated heterocycles. The molecule has 0 spiro atoms. The quantitative estimate of drug-likeness (QED) is 0.748. The third-order valence-corrected chi connectivity index (χ3v) is 3.23. The third kappa shape index (κ3) is 2.76. The highest BCUT2D eigenvalue weighted by atomic mass is 16.5. The summed E-state index contributed by atoms with van der Waals surface area (Å²) in [5, 5.41) is 0.576. The minimum atomic E-state index is -0.157. The zero-order valence-corrected chi connectivity index (χ0v) is 12.3. The lowest BCUT2D eigenvalue weighted by molar-refractivity contribution is 0.354. The summed E-state index contributed by atoms with van der Waals surface area (Å²) in [6.45, 7) is 6.16. The third-order valence-electron chi connectivity index (χ3n) is 3.23. The first-order valence-electron chi connectivity index (χ1n) is 7.01. The van der Waals surface area contributed by atoms with Crippen LogP contribution in [0.4, 0.5) is 0 Å². The zero-order chi connectivity index (χ0) is 15.5. The van der Waals surface area contributed by atoms with Gasteiger partial charge in [-0.2, -0.15) is 0 Å². The lowest BCUT2D eigenvalue weighted by atomic mass is 10.1. The van der Waals surface area contributed by atoms with Crippen LogP contribution in [0.25, 0.3) is 22.3 Å². The Morgan fingerprint density at radius 1 is 1.18 bits per heavy atom. The second-order valence-corrected chi connectivity index (χ2v) is 5.17. The molecule has 3 aromatic rings. The lowest BCUT2D eigenvalue weighted by Gasteiger charge is -2.11. The van der Waals surface area contributed by atoms with Crippen molar-refractivity contribution >= 4 is 10.9 Å². The highest BCUT2D eigenvalue weighted by molar-refractivity contribution is 5.80. The van der Waals surface area contributed by atoms with Crippen molar-refractivity contribution in [2.24, 2.45) is 0 Å². The van der Waals surface area contributed by atoms with Gasteiger partial charge in [0.05, 0.1) is 16.5 Å². The molecule has 0 radical (unpaired) electrons. The molecule has 4 heteroatoms. The van der Waals surface area contributed by atoms with Gasteiger partial charge in [-0.05, 0) is 36.8 Å². The summed E-state index contributed by atoms with van der Waals surface area (Å²) >= 11 is 0. The van der Waals surface area contributed by atoms with E-state index in [0.717, 1.165) is 11.1 Å². The Bertz CT molecular complexity index is 897. The van der Waals surface area contributed by atoms with E-state index in [1.54, 1.807) is 6.07 Å². The number of hydrogen-bond acceptors (Lipinski definition) is 3. The van der Waals surface area contributed by atoms with Crippen molar-refractivity contribution in [2.45, 2.75) is 6.92 Å². The predicted octanol–water partition coefficient (Wildman–Crippen LogP) is 3.55. The number of rotatable bonds is 4. The lowest BCUT2D eigenvalue weighted by Crippen LogP contribution is -2.10. The molecule has 110 valence electrons. The minimum Gasteiger partial charge on any atom is -0.489 e. The summed E-state index contributed by atoms with van der Waals surface area (Å²) in [4.78, 5) is 19.6. The number of aromatic nitrogens is 2. The molecule has 1 heterocycles. The fourth-order valence-electron chi connectivity index (χ4n) is 2.20. The number of H-pyrrole nitrogens is 1. The number of para-hydroxylation sites is 2. The molecule has 22 heavy (non-hydrogen) atoms. The first kappa shape index (κ1) is 14.1. The Balaban J connectivity index is 2.11. The standard InChI is InChI=1S/C18H16N2O2/c1-12(2)11-22-16-10-6-4-8-14(16)17-19-15-9-5-3-7-13(15)18(21)20-17/h3-10H,1,11H2,2H3,(H,19,20,21). The highest BCUT2D eigenvalue weighted by Crippen LogP contribution is 2.27.